The molecule has 0 aromatic rings. The van der Waals surface area contributed by atoms with Gasteiger partial charge in [-0.2, -0.15) is 0 Å². The van der Waals surface area contributed by atoms with Crippen molar-refractivity contribution in [3.8, 4) is 0 Å². The summed E-state index contributed by atoms with van der Waals surface area (Å²) in [7, 11) is -2.44. The Morgan fingerprint density at radius 1 is 1.40 bits per heavy atom. The normalized spacial score (nSPS) is 15.1. The summed E-state index contributed by atoms with van der Waals surface area (Å²) in [5.74, 6) is -0.840. The van der Waals surface area contributed by atoms with Gasteiger partial charge in [-0.3, -0.25) is 4.79 Å². The number of hydrogen-bond acceptors (Lipinski definition) is 3. The van der Waals surface area contributed by atoms with E-state index in [1.165, 1.54) is 0 Å². The molecule has 2 atom stereocenters. The van der Waals surface area contributed by atoms with Crippen molar-refractivity contribution < 1.29 is 18.3 Å². The molecule has 0 spiro atoms. The molecule has 0 rings (SSSR count). The maximum absolute atomic E-state index is 10.9. The zero-order valence-electron chi connectivity index (χ0n) is 8.69. The second-order valence-corrected chi connectivity index (χ2v) is 5.85. The number of rotatable bonds is 8. The summed E-state index contributed by atoms with van der Waals surface area (Å²) in [6.07, 6.45) is 2.63. The molecular weight excluding hydrogens is 284 g/mol. The van der Waals surface area contributed by atoms with Crippen molar-refractivity contribution in [1.82, 2.24) is 0 Å². The van der Waals surface area contributed by atoms with Crippen LogP contribution in [0.1, 0.15) is 39.0 Å². The molecule has 0 bridgehead atoms. The predicted octanol–water partition coefficient (Wildman–Crippen LogP) is 1.78. The van der Waals surface area contributed by atoms with Crippen LogP contribution in [-0.2, 0) is 15.5 Å². The fraction of sp³-hybridized carbons (Fsp3) is 0.889. The topological polar surface area (TPSA) is 71.4 Å². The molecular formula is C9H17BrO4S. The van der Waals surface area contributed by atoms with Crippen LogP contribution in [0.25, 0.3) is 0 Å². The Kier molecular flexibility index (Phi) is 8.04. The Labute approximate surface area is 100 Å². The van der Waals surface area contributed by atoms with E-state index in [2.05, 4.69) is 15.9 Å². The lowest BCUT2D eigenvalue weighted by Gasteiger charge is -2.15. The molecule has 0 fully saturated rings. The Hall–Kier alpha value is -0.100. The second-order valence-electron chi connectivity index (χ2n) is 3.44. The van der Waals surface area contributed by atoms with Crippen molar-refractivity contribution in [1.29, 1.82) is 0 Å². The molecule has 0 saturated carbocycles. The highest BCUT2D eigenvalue weighted by molar-refractivity contribution is 9.09. The number of carboxylic acids is 1. The third-order valence-corrected chi connectivity index (χ3v) is 4.81. The number of thiol groups is 1. The number of alkyl halides is 1. The minimum atomic E-state index is -2.44. The minimum Gasteiger partial charge on any atom is -0.481 e. The van der Waals surface area contributed by atoms with Crippen LogP contribution in [0.2, 0.25) is 0 Å². The first kappa shape index (κ1) is 14.9. The quantitative estimate of drug-likeness (QED) is 0.529. The van der Waals surface area contributed by atoms with E-state index in [0.717, 1.165) is 6.42 Å². The van der Waals surface area contributed by atoms with E-state index in [1.54, 1.807) is 0 Å². The summed E-state index contributed by atoms with van der Waals surface area (Å²) in [5, 5.41) is 8.07. The molecule has 0 aromatic heterocycles. The number of aliphatic carboxylic acids is 1. The first-order chi connectivity index (χ1) is 6.99. The SMILES string of the molecule is CCCC(C(Br)CCCC(=O)O)[SH](=O)=O. The first-order valence-corrected chi connectivity index (χ1v) is 7.14. The summed E-state index contributed by atoms with van der Waals surface area (Å²) >= 11 is 3.32. The van der Waals surface area contributed by atoms with Gasteiger partial charge in [0.05, 0.1) is 5.25 Å². The fourth-order valence-electron chi connectivity index (χ4n) is 1.35. The number of hydrogen-bond donors (Lipinski definition) is 2. The van der Waals surface area contributed by atoms with Gasteiger partial charge in [0, 0.05) is 11.2 Å². The van der Waals surface area contributed by atoms with Gasteiger partial charge in [0.1, 0.15) is 10.7 Å². The smallest absolute Gasteiger partial charge is 0.303 e. The molecule has 6 heteroatoms. The van der Waals surface area contributed by atoms with Gasteiger partial charge in [-0.15, -0.1) is 0 Å². The molecule has 0 heterocycles. The van der Waals surface area contributed by atoms with E-state index in [9.17, 15) is 13.2 Å². The highest BCUT2D eigenvalue weighted by Crippen LogP contribution is 2.20. The average molecular weight is 301 g/mol. The monoisotopic (exact) mass is 300 g/mol. The lowest BCUT2D eigenvalue weighted by atomic mass is 10.1. The van der Waals surface area contributed by atoms with Gasteiger partial charge >= 0.3 is 5.97 Å². The summed E-state index contributed by atoms with van der Waals surface area (Å²) in [6, 6.07) is 0. The van der Waals surface area contributed by atoms with Crippen LogP contribution in [0.5, 0.6) is 0 Å². The lowest BCUT2D eigenvalue weighted by molar-refractivity contribution is -0.137. The maximum Gasteiger partial charge on any atom is 0.303 e. The summed E-state index contributed by atoms with van der Waals surface area (Å²) < 4.78 is 21.8. The molecule has 0 aromatic carbocycles. The summed E-state index contributed by atoms with van der Waals surface area (Å²) in [5.41, 5.74) is 0. The summed E-state index contributed by atoms with van der Waals surface area (Å²) in [4.78, 5) is 10.1. The van der Waals surface area contributed by atoms with E-state index >= 15 is 0 Å². The minimum absolute atomic E-state index is 0.0938. The van der Waals surface area contributed by atoms with Gasteiger partial charge in [-0.05, 0) is 19.3 Å². The van der Waals surface area contributed by atoms with Gasteiger partial charge in [0.25, 0.3) is 0 Å². The third-order valence-electron chi connectivity index (χ3n) is 2.14. The Morgan fingerprint density at radius 2 is 2.00 bits per heavy atom. The lowest BCUT2D eigenvalue weighted by Crippen LogP contribution is -2.22. The van der Waals surface area contributed by atoms with Gasteiger partial charge < -0.3 is 5.11 Å². The van der Waals surface area contributed by atoms with Gasteiger partial charge in [0.2, 0.25) is 0 Å². The van der Waals surface area contributed by atoms with Crippen LogP contribution >= 0.6 is 15.9 Å². The highest BCUT2D eigenvalue weighted by Gasteiger charge is 2.20. The first-order valence-electron chi connectivity index (χ1n) is 4.98. The van der Waals surface area contributed by atoms with Crippen molar-refractivity contribution in [3.63, 3.8) is 0 Å². The van der Waals surface area contributed by atoms with Crippen molar-refractivity contribution >= 4 is 32.6 Å². The summed E-state index contributed by atoms with van der Waals surface area (Å²) in [6.45, 7) is 1.93. The molecule has 0 radical (unpaired) electrons. The highest BCUT2D eigenvalue weighted by atomic mass is 79.9. The molecule has 4 nitrogen and oxygen atoms in total. The molecule has 0 aliphatic rings. The van der Waals surface area contributed by atoms with Crippen LogP contribution < -0.4 is 0 Å². The van der Waals surface area contributed by atoms with Crippen molar-refractivity contribution in [2.45, 2.75) is 49.1 Å². The number of halogens is 1. The fourth-order valence-corrected chi connectivity index (χ4v) is 3.40. The Morgan fingerprint density at radius 3 is 2.40 bits per heavy atom. The average Bonchev–Trinajstić information content (AvgIpc) is 2.12. The predicted molar refractivity (Wildman–Crippen MR) is 63.2 cm³/mol. The molecule has 2 unspecified atom stereocenters. The van der Waals surface area contributed by atoms with Crippen LogP contribution in [-0.4, -0.2) is 29.6 Å². The molecule has 1 N–H and O–H groups in total. The largest absolute Gasteiger partial charge is 0.481 e. The van der Waals surface area contributed by atoms with Crippen LogP contribution in [0.15, 0.2) is 0 Å². The van der Waals surface area contributed by atoms with Crippen LogP contribution in [0.4, 0.5) is 0 Å². The number of carbonyl (C=O) groups is 1. The van der Waals surface area contributed by atoms with Gasteiger partial charge in [-0.25, -0.2) is 8.42 Å². The van der Waals surface area contributed by atoms with Crippen molar-refractivity contribution in [2.75, 3.05) is 0 Å². The van der Waals surface area contributed by atoms with Gasteiger partial charge in [0.15, 0.2) is 0 Å². The zero-order valence-corrected chi connectivity index (χ0v) is 11.2. The van der Waals surface area contributed by atoms with E-state index < -0.39 is 16.7 Å². The molecule has 15 heavy (non-hydrogen) atoms. The second kappa shape index (κ2) is 8.10. The maximum atomic E-state index is 10.9. The van der Waals surface area contributed by atoms with Crippen LogP contribution in [0, 0.1) is 0 Å². The van der Waals surface area contributed by atoms with Crippen molar-refractivity contribution in [2.24, 2.45) is 0 Å². The Bertz CT molecular complexity index is 257. The standard InChI is InChI=1S/C9H17BrO4S/c1-2-4-8(15(13)14)7(10)5-3-6-9(11)12/h7-8,15H,2-6H2,1H3,(H,11,12). The van der Waals surface area contributed by atoms with Crippen LogP contribution in [0.3, 0.4) is 0 Å². The van der Waals surface area contributed by atoms with E-state index in [-0.39, 0.29) is 16.5 Å². The molecule has 90 valence electrons. The molecule has 0 amide bonds. The molecule has 0 saturated heterocycles. The molecule has 0 aliphatic carbocycles. The van der Waals surface area contributed by atoms with E-state index in [4.69, 9.17) is 5.11 Å². The van der Waals surface area contributed by atoms with E-state index in [0.29, 0.717) is 19.3 Å². The zero-order chi connectivity index (χ0) is 11.8. The Balaban J connectivity index is 4.02. The van der Waals surface area contributed by atoms with E-state index in [1.807, 2.05) is 6.92 Å². The van der Waals surface area contributed by atoms with Crippen molar-refractivity contribution in [3.05, 3.63) is 0 Å². The number of carboxylic acid groups (broad SMARTS) is 1. The van der Waals surface area contributed by atoms with Gasteiger partial charge in [-0.1, -0.05) is 29.3 Å². The third kappa shape index (κ3) is 6.89. The molecule has 0 aliphatic heterocycles.